The van der Waals surface area contributed by atoms with Crippen molar-refractivity contribution in [3.8, 4) is 0 Å². The first-order chi connectivity index (χ1) is 16.5. The van der Waals surface area contributed by atoms with Crippen LogP contribution >= 0.6 is 11.8 Å². The number of nitro benzene ring substituents is 1. The highest BCUT2D eigenvalue weighted by atomic mass is 32.2. The van der Waals surface area contributed by atoms with Gasteiger partial charge in [0.25, 0.3) is 11.6 Å². The Balaban J connectivity index is 1.28. The zero-order valence-corrected chi connectivity index (χ0v) is 18.5. The lowest BCUT2D eigenvalue weighted by Crippen LogP contribution is -2.18. The van der Waals surface area contributed by atoms with E-state index in [1.807, 2.05) is 42.5 Å². The van der Waals surface area contributed by atoms with Crippen LogP contribution in [0.2, 0.25) is 0 Å². The molecule has 3 aromatic carbocycles. The number of furan rings is 1. The van der Waals surface area contributed by atoms with E-state index in [9.17, 15) is 19.7 Å². The molecule has 0 aliphatic carbocycles. The molecule has 0 atom stereocenters. The van der Waals surface area contributed by atoms with Gasteiger partial charge in [0.1, 0.15) is 11.3 Å². The first-order valence-corrected chi connectivity index (χ1v) is 11.1. The number of thioether (sulfide) groups is 1. The molecule has 0 fully saturated rings. The first kappa shape index (κ1) is 22.7. The number of carbonyl (C=O) groups excluding carboxylic acids is 2. The summed E-state index contributed by atoms with van der Waals surface area (Å²) in [6.07, 6.45) is 1.27. The van der Waals surface area contributed by atoms with E-state index in [4.69, 9.17) is 4.42 Å². The Morgan fingerprint density at radius 1 is 1.00 bits per heavy atom. The molecule has 10 heteroatoms. The van der Waals surface area contributed by atoms with E-state index in [0.717, 1.165) is 10.8 Å². The molecule has 0 saturated carbocycles. The Morgan fingerprint density at radius 2 is 1.76 bits per heavy atom. The zero-order chi connectivity index (χ0) is 23.9. The predicted octanol–water partition coefficient (Wildman–Crippen LogP) is 4.84. The van der Waals surface area contributed by atoms with Crippen molar-refractivity contribution in [2.75, 3.05) is 11.1 Å². The fourth-order valence-electron chi connectivity index (χ4n) is 3.12. The fraction of sp³-hybridized carbons (Fsp3) is 0.0417. The largest absolute Gasteiger partial charge is 0.449 e. The van der Waals surface area contributed by atoms with Crippen LogP contribution in [0.5, 0.6) is 0 Å². The van der Waals surface area contributed by atoms with Gasteiger partial charge >= 0.3 is 0 Å². The van der Waals surface area contributed by atoms with Crippen molar-refractivity contribution in [3.05, 3.63) is 100 Å². The molecule has 0 radical (unpaired) electrons. The number of hydrogen-bond acceptors (Lipinski definition) is 7. The minimum atomic E-state index is -0.713. The Labute approximate surface area is 198 Å². The quantitative estimate of drug-likeness (QED) is 0.163. The number of carbonyl (C=O) groups is 2. The predicted molar refractivity (Wildman–Crippen MR) is 130 cm³/mol. The number of anilines is 1. The molecule has 4 aromatic rings. The van der Waals surface area contributed by atoms with Crippen LogP contribution in [0.4, 0.5) is 11.4 Å². The number of benzene rings is 3. The third-order valence-electron chi connectivity index (χ3n) is 4.68. The van der Waals surface area contributed by atoms with Gasteiger partial charge in [0.05, 0.1) is 16.9 Å². The Kier molecular flexibility index (Phi) is 6.99. The third-order valence-corrected chi connectivity index (χ3v) is 5.59. The minimum absolute atomic E-state index is 0.0993. The van der Waals surface area contributed by atoms with E-state index in [0.29, 0.717) is 16.5 Å². The molecule has 0 bridgehead atoms. The van der Waals surface area contributed by atoms with E-state index in [1.165, 1.54) is 42.2 Å². The summed E-state index contributed by atoms with van der Waals surface area (Å²) in [6, 6.07) is 22.5. The van der Waals surface area contributed by atoms with Gasteiger partial charge in [0.2, 0.25) is 5.91 Å². The number of fused-ring (bicyclic) bond motifs is 1. The van der Waals surface area contributed by atoms with E-state index in [1.54, 1.807) is 12.1 Å². The summed E-state index contributed by atoms with van der Waals surface area (Å²) in [4.78, 5) is 34.8. The highest BCUT2D eigenvalue weighted by Crippen LogP contribution is 2.22. The summed E-state index contributed by atoms with van der Waals surface area (Å²) in [5, 5.41) is 20.3. The monoisotopic (exact) mass is 474 g/mol. The second-order valence-electron chi connectivity index (χ2n) is 7.03. The van der Waals surface area contributed by atoms with Gasteiger partial charge in [-0.05, 0) is 41.1 Å². The van der Waals surface area contributed by atoms with Crippen molar-refractivity contribution < 1.29 is 18.9 Å². The summed E-state index contributed by atoms with van der Waals surface area (Å²) in [5.74, 6) is -0.398. The molecule has 2 N–H and O–H groups in total. The molecule has 0 saturated heterocycles. The maximum Gasteiger partial charge on any atom is 0.282 e. The summed E-state index contributed by atoms with van der Waals surface area (Å²) in [5.41, 5.74) is 2.54. The number of hydrazone groups is 1. The topological polar surface area (TPSA) is 127 Å². The van der Waals surface area contributed by atoms with Gasteiger partial charge in [0.15, 0.2) is 5.09 Å². The number of nitrogens with one attached hydrogen (secondary N) is 2. The maximum atomic E-state index is 12.3. The fourth-order valence-corrected chi connectivity index (χ4v) is 3.79. The summed E-state index contributed by atoms with van der Waals surface area (Å²) >= 11 is 1.21. The molecule has 1 heterocycles. The number of rotatable bonds is 8. The lowest BCUT2D eigenvalue weighted by atomic mass is 10.1. The lowest BCUT2D eigenvalue weighted by molar-refractivity contribution is -0.385. The molecule has 170 valence electrons. The molecular formula is C24H18N4O5S. The molecular weight excluding hydrogens is 456 g/mol. The molecule has 1 aromatic heterocycles. The molecule has 2 amide bonds. The molecule has 9 nitrogen and oxygen atoms in total. The Hall–Kier alpha value is -4.44. The minimum Gasteiger partial charge on any atom is -0.449 e. The van der Waals surface area contributed by atoms with Crippen LogP contribution in [-0.2, 0) is 4.79 Å². The van der Waals surface area contributed by atoms with Crippen LogP contribution in [-0.4, -0.2) is 28.7 Å². The lowest BCUT2D eigenvalue weighted by Gasteiger charge is -2.06. The van der Waals surface area contributed by atoms with E-state index in [-0.39, 0.29) is 22.9 Å². The average Bonchev–Trinajstić information content (AvgIpc) is 3.30. The van der Waals surface area contributed by atoms with Crippen molar-refractivity contribution in [2.45, 2.75) is 5.09 Å². The highest BCUT2D eigenvalue weighted by Gasteiger charge is 2.18. The maximum absolute atomic E-state index is 12.3. The van der Waals surface area contributed by atoms with Crippen molar-refractivity contribution in [1.82, 2.24) is 5.43 Å². The van der Waals surface area contributed by atoms with Crippen molar-refractivity contribution >= 4 is 51.9 Å². The van der Waals surface area contributed by atoms with Crippen LogP contribution in [0.3, 0.4) is 0 Å². The van der Waals surface area contributed by atoms with Crippen molar-refractivity contribution in [3.63, 3.8) is 0 Å². The number of amides is 2. The summed E-state index contributed by atoms with van der Waals surface area (Å²) < 4.78 is 5.57. The second kappa shape index (κ2) is 10.5. The molecule has 0 aliphatic rings. The standard InChI is InChI=1S/C24H18N4O5S/c29-22(26-18-10-9-16-5-1-2-6-17(16)13-18)15-34-23-12-11-19(33-23)14-25-27-24(30)20-7-3-4-8-21(20)28(31)32/h1-14H,15H2,(H,26,29)(H,27,30)/b25-14+. The van der Waals surface area contributed by atoms with Crippen LogP contribution in [0.15, 0.2) is 93.5 Å². The second-order valence-corrected chi connectivity index (χ2v) is 8.01. The first-order valence-electron chi connectivity index (χ1n) is 10.1. The van der Waals surface area contributed by atoms with Crippen molar-refractivity contribution in [1.29, 1.82) is 0 Å². The summed E-state index contributed by atoms with van der Waals surface area (Å²) in [7, 11) is 0. The van der Waals surface area contributed by atoms with Crippen LogP contribution in [0.25, 0.3) is 10.8 Å². The van der Waals surface area contributed by atoms with E-state index in [2.05, 4.69) is 15.8 Å². The van der Waals surface area contributed by atoms with Gasteiger partial charge in [0, 0.05) is 11.8 Å². The number of nitrogens with zero attached hydrogens (tertiary/aromatic N) is 2. The van der Waals surface area contributed by atoms with Crippen LogP contribution < -0.4 is 10.7 Å². The van der Waals surface area contributed by atoms with Gasteiger partial charge in [-0.2, -0.15) is 5.10 Å². The van der Waals surface area contributed by atoms with E-state index >= 15 is 0 Å². The van der Waals surface area contributed by atoms with Gasteiger partial charge < -0.3 is 9.73 Å². The molecule has 0 spiro atoms. The molecule has 34 heavy (non-hydrogen) atoms. The third kappa shape index (κ3) is 5.67. The Bertz CT molecular complexity index is 1400. The van der Waals surface area contributed by atoms with Gasteiger partial charge in [-0.1, -0.05) is 54.2 Å². The normalized spacial score (nSPS) is 10.9. The number of nitro groups is 1. The average molecular weight is 474 g/mol. The SMILES string of the molecule is O=C(CSc1ccc(/C=N/NC(=O)c2ccccc2[N+](=O)[O-])o1)Nc1ccc2ccccc2c1. The molecule has 0 unspecified atom stereocenters. The zero-order valence-electron chi connectivity index (χ0n) is 17.6. The smallest absolute Gasteiger partial charge is 0.282 e. The van der Waals surface area contributed by atoms with Gasteiger partial charge in [-0.25, -0.2) is 5.43 Å². The van der Waals surface area contributed by atoms with Gasteiger partial charge in [-0.3, -0.25) is 19.7 Å². The molecule has 4 rings (SSSR count). The summed E-state index contributed by atoms with van der Waals surface area (Å²) in [6.45, 7) is 0. The van der Waals surface area contributed by atoms with E-state index < -0.39 is 10.8 Å². The van der Waals surface area contributed by atoms with Crippen molar-refractivity contribution in [2.24, 2.45) is 5.10 Å². The number of para-hydroxylation sites is 1. The molecule has 0 aliphatic heterocycles. The van der Waals surface area contributed by atoms with Crippen LogP contribution in [0, 0.1) is 10.1 Å². The number of hydrogen-bond donors (Lipinski definition) is 2. The Morgan fingerprint density at radius 3 is 2.59 bits per heavy atom. The van der Waals surface area contributed by atoms with Gasteiger partial charge in [-0.15, -0.1) is 0 Å². The highest BCUT2D eigenvalue weighted by molar-refractivity contribution is 7.99. The van der Waals surface area contributed by atoms with Crippen LogP contribution in [0.1, 0.15) is 16.1 Å².